The lowest BCUT2D eigenvalue weighted by Crippen LogP contribution is -2.21. The molecule has 1 heterocycles. The predicted octanol–water partition coefficient (Wildman–Crippen LogP) is 2.87. The highest BCUT2D eigenvalue weighted by molar-refractivity contribution is 6.03. The van der Waals surface area contributed by atoms with Crippen molar-refractivity contribution in [3.63, 3.8) is 0 Å². The monoisotopic (exact) mass is 312 g/mol. The Morgan fingerprint density at radius 2 is 2.00 bits per heavy atom. The van der Waals surface area contributed by atoms with Gasteiger partial charge in [0, 0.05) is 30.7 Å². The normalized spacial score (nSPS) is 10.6. The van der Waals surface area contributed by atoms with E-state index >= 15 is 0 Å². The van der Waals surface area contributed by atoms with Gasteiger partial charge in [-0.3, -0.25) is 9.78 Å². The Morgan fingerprint density at radius 3 is 2.74 bits per heavy atom. The Bertz CT molecular complexity index is 655. The lowest BCUT2D eigenvalue weighted by Gasteiger charge is -2.12. The molecule has 5 nitrogen and oxygen atoms in total. The summed E-state index contributed by atoms with van der Waals surface area (Å²) < 4.78 is 0. The SMILES string of the molecule is CCc1ccccc1NC(=O)c1cc(NCCN(C)C)ccn1. The molecule has 2 N–H and O–H groups in total. The van der Waals surface area contributed by atoms with E-state index in [-0.39, 0.29) is 5.91 Å². The third kappa shape index (κ3) is 5.07. The predicted molar refractivity (Wildman–Crippen MR) is 95.1 cm³/mol. The highest BCUT2D eigenvalue weighted by Crippen LogP contribution is 2.17. The van der Waals surface area contributed by atoms with Crippen molar-refractivity contribution in [2.45, 2.75) is 13.3 Å². The van der Waals surface area contributed by atoms with Gasteiger partial charge in [-0.25, -0.2) is 0 Å². The molecule has 0 atom stereocenters. The fourth-order valence-electron chi connectivity index (χ4n) is 2.23. The van der Waals surface area contributed by atoms with E-state index in [1.807, 2.05) is 44.4 Å². The smallest absolute Gasteiger partial charge is 0.274 e. The van der Waals surface area contributed by atoms with E-state index in [2.05, 4.69) is 27.4 Å². The van der Waals surface area contributed by atoms with E-state index in [0.717, 1.165) is 36.4 Å². The highest BCUT2D eigenvalue weighted by Gasteiger charge is 2.10. The summed E-state index contributed by atoms with van der Waals surface area (Å²) in [6, 6.07) is 11.5. The maximum atomic E-state index is 12.4. The number of likely N-dealkylation sites (N-methyl/N-ethyl adjacent to an activating group) is 1. The largest absolute Gasteiger partial charge is 0.384 e. The minimum atomic E-state index is -0.192. The van der Waals surface area contributed by atoms with Crippen LogP contribution in [0.5, 0.6) is 0 Å². The van der Waals surface area contributed by atoms with Crippen LogP contribution in [0.25, 0.3) is 0 Å². The second-order valence-corrected chi connectivity index (χ2v) is 5.62. The van der Waals surface area contributed by atoms with E-state index in [9.17, 15) is 4.79 Å². The van der Waals surface area contributed by atoms with Crippen LogP contribution >= 0.6 is 0 Å². The molecule has 2 rings (SSSR count). The molecule has 1 aromatic heterocycles. The molecule has 1 aromatic carbocycles. The van der Waals surface area contributed by atoms with Crippen molar-refractivity contribution < 1.29 is 4.79 Å². The van der Waals surface area contributed by atoms with Gasteiger partial charge >= 0.3 is 0 Å². The molecule has 0 unspecified atom stereocenters. The molecule has 0 radical (unpaired) electrons. The lowest BCUT2D eigenvalue weighted by molar-refractivity contribution is 0.102. The Morgan fingerprint density at radius 1 is 1.22 bits per heavy atom. The maximum Gasteiger partial charge on any atom is 0.274 e. The number of hydrogen-bond donors (Lipinski definition) is 2. The fraction of sp³-hybridized carbons (Fsp3) is 0.333. The van der Waals surface area contributed by atoms with Crippen LogP contribution in [0.3, 0.4) is 0 Å². The van der Waals surface area contributed by atoms with Crippen LogP contribution in [0.4, 0.5) is 11.4 Å². The number of pyridine rings is 1. The number of para-hydroxylation sites is 1. The van der Waals surface area contributed by atoms with Gasteiger partial charge in [-0.2, -0.15) is 0 Å². The standard InChI is InChI=1S/C18H24N4O/c1-4-14-7-5-6-8-16(14)21-18(23)17-13-15(9-10-20-17)19-11-12-22(2)3/h5-10,13H,4,11-12H2,1-3H3,(H,19,20)(H,21,23). The van der Waals surface area contributed by atoms with Crippen LogP contribution in [0.2, 0.25) is 0 Å². The molecule has 0 bridgehead atoms. The summed E-state index contributed by atoms with van der Waals surface area (Å²) in [5.41, 5.74) is 3.26. The number of hydrogen-bond acceptors (Lipinski definition) is 4. The Hall–Kier alpha value is -2.40. The number of amides is 1. The maximum absolute atomic E-state index is 12.4. The van der Waals surface area contributed by atoms with Crippen molar-refractivity contribution in [2.75, 3.05) is 37.8 Å². The summed E-state index contributed by atoms with van der Waals surface area (Å²) in [6.07, 6.45) is 2.52. The van der Waals surface area contributed by atoms with Crippen molar-refractivity contribution in [3.05, 3.63) is 53.9 Å². The van der Waals surface area contributed by atoms with Crippen LogP contribution in [0.1, 0.15) is 23.0 Å². The third-order valence-corrected chi connectivity index (χ3v) is 3.53. The van der Waals surface area contributed by atoms with E-state index in [0.29, 0.717) is 5.69 Å². The van der Waals surface area contributed by atoms with Gasteiger partial charge in [0.1, 0.15) is 5.69 Å². The van der Waals surface area contributed by atoms with Gasteiger partial charge in [0.15, 0.2) is 0 Å². The van der Waals surface area contributed by atoms with Gasteiger partial charge < -0.3 is 15.5 Å². The van der Waals surface area contributed by atoms with Gasteiger partial charge in [-0.1, -0.05) is 25.1 Å². The molecule has 1 amide bonds. The van der Waals surface area contributed by atoms with E-state index < -0.39 is 0 Å². The van der Waals surface area contributed by atoms with Gasteiger partial charge in [-0.05, 0) is 44.3 Å². The number of benzene rings is 1. The molecular weight excluding hydrogens is 288 g/mol. The number of carbonyl (C=O) groups is 1. The van der Waals surface area contributed by atoms with E-state index in [1.54, 1.807) is 12.3 Å². The molecule has 0 saturated heterocycles. The molecule has 0 aliphatic heterocycles. The fourth-order valence-corrected chi connectivity index (χ4v) is 2.23. The van der Waals surface area contributed by atoms with Crippen molar-refractivity contribution in [1.29, 1.82) is 0 Å². The average molecular weight is 312 g/mol. The first-order valence-corrected chi connectivity index (χ1v) is 7.84. The number of aryl methyl sites for hydroxylation is 1. The van der Waals surface area contributed by atoms with Gasteiger partial charge in [0.2, 0.25) is 0 Å². The molecular formula is C18H24N4O. The van der Waals surface area contributed by atoms with Crippen LogP contribution in [0.15, 0.2) is 42.6 Å². The molecule has 0 saturated carbocycles. The first kappa shape index (κ1) is 17.0. The third-order valence-electron chi connectivity index (χ3n) is 3.53. The highest BCUT2D eigenvalue weighted by atomic mass is 16.1. The Kier molecular flexibility index (Phi) is 6.11. The number of nitrogens with zero attached hydrogens (tertiary/aromatic N) is 2. The lowest BCUT2D eigenvalue weighted by atomic mass is 10.1. The topological polar surface area (TPSA) is 57.3 Å². The minimum absolute atomic E-state index is 0.192. The van der Waals surface area contributed by atoms with Crippen LogP contribution in [0, 0.1) is 0 Å². The second kappa shape index (κ2) is 8.29. The van der Waals surface area contributed by atoms with Crippen LogP contribution in [-0.2, 0) is 6.42 Å². The summed E-state index contributed by atoms with van der Waals surface area (Å²) in [6.45, 7) is 3.81. The van der Waals surface area contributed by atoms with E-state index in [4.69, 9.17) is 0 Å². The Balaban J connectivity index is 2.04. The number of rotatable bonds is 7. The summed E-state index contributed by atoms with van der Waals surface area (Å²) in [4.78, 5) is 18.7. The first-order valence-electron chi connectivity index (χ1n) is 7.84. The summed E-state index contributed by atoms with van der Waals surface area (Å²) >= 11 is 0. The van der Waals surface area contributed by atoms with Crippen molar-refractivity contribution in [1.82, 2.24) is 9.88 Å². The quantitative estimate of drug-likeness (QED) is 0.825. The molecule has 0 aliphatic carbocycles. The first-order chi connectivity index (χ1) is 11.1. The average Bonchev–Trinajstić information content (AvgIpc) is 2.55. The second-order valence-electron chi connectivity index (χ2n) is 5.62. The van der Waals surface area contributed by atoms with Gasteiger partial charge in [-0.15, -0.1) is 0 Å². The van der Waals surface area contributed by atoms with Crippen LogP contribution < -0.4 is 10.6 Å². The van der Waals surface area contributed by atoms with Gasteiger partial charge in [0.05, 0.1) is 0 Å². The van der Waals surface area contributed by atoms with Crippen LogP contribution in [-0.4, -0.2) is 43.0 Å². The minimum Gasteiger partial charge on any atom is -0.384 e. The van der Waals surface area contributed by atoms with Gasteiger partial charge in [0.25, 0.3) is 5.91 Å². The molecule has 5 heteroatoms. The molecule has 2 aromatic rings. The van der Waals surface area contributed by atoms with E-state index in [1.165, 1.54) is 0 Å². The van der Waals surface area contributed by atoms with Crippen molar-refractivity contribution in [2.24, 2.45) is 0 Å². The molecule has 0 spiro atoms. The Labute approximate surface area is 137 Å². The number of anilines is 2. The molecule has 122 valence electrons. The molecule has 0 aliphatic rings. The zero-order chi connectivity index (χ0) is 16.7. The summed E-state index contributed by atoms with van der Waals surface area (Å²) in [7, 11) is 4.05. The number of nitrogens with one attached hydrogen (secondary N) is 2. The zero-order valence-corrected chi connectivity index (χ0v) is 14.0. The number of aromatic nitrogens is 1. The zero-order valence-electron chi connectivity index (χ0n) is 14.0. The summed E-state index contributed by atoms with van der Waals surface area (Å²) in [5.74, 6) is -0.192. The number of carbonyl (C=O) groups excluding carboxylic acids is 1. The summed E-state index contributed by atoms with van der Waals surface area (Å²) in [5, 5.41) is 6.24. The van der Waals surface area contributed by atoms with Crippen molar-refractivity contribution >= 4 is 17.3 Å². The van der Waals surface area contributed by atoms with Crippen molar-refractivity contribution in [3.8, 4) is 0 Å². The molecule has 23 heavy (non-hydrogen) atoms. The molecule has 0 fully saturated rings.